The normalized spacial score (nSPS) is 11.1. The van der Waals surface area contributed by atoms with Crippen LogP contribution in [-0.2, 0) is 14.8 Å². The number of halogens is 2. The zero-order valence-electron chi connectivity index (χ0n) is 12.2. The van der Waals surface area contributed by atoms with Crippen molar-refractivity contribution in [3.05, 3.63) is 60.2 Å². The average molecular weight is 340 g/mol. The first-order valence-corrected chi connectivity index (χ1v) is 8.39. The number of sulfonamides is 1. The first kappa shape index (κ1) is 16.9. The van der Waals surface area contributed by atoms with Gasteiger partial charge in [0.2, 0.25) is 15.9 Å². The topological polar surface area (TPSA) is 66.5 Å². The Morgan fingerprint density at radius 2 is 1.74 bits per heavy atom. The second-order valence-corrected chi connectivity index (χ2v) is 6.71. The van der Waals surface area contributed by atoms with E-state index in [2.05, 4.69) is 5.32 Å². The molecule has 0 aliphatic rings. The summed E-state index contributed by atoms with van der Waals surface area (Å²) in [6.07, 6.45) is 0.936. The molecule has 0 saturated heterocycles. The minimum atomic E-state index is -3.75. The van der Waals surface area contributed by atoms with Crippen molar-refractivity contribution in [3.63, 3.8) is 0 Å². The molecule has 0 heterocycles. The summed E-state index contributed by atoms with van der Waals surface area (Å²) < 4.78 is 50.6. The van der Waals surface area contributed by atoms with Crippen LogP contribution in [0.2, 0.25) is 0 Å². The maximum Gasteiger partial charge on any atom is 0.245 e. The summed E-state index contributed by atoms with van der Waals surface area (Å²) >= 11 is 0. The summed E-state index contributed by atoms with van der Waals surface area (Å²) in [5.74, 6) is -1.70. The first-order chi connectivity index (χ1) is 10.8. The molecule has 1 N–H and O–H groups in total. The van der Waals surface area contributed by atoms with E-state index in [1.807, 2.05) is 0 Å². The van der Waals surface area contributed by atoms with E-state index in [1.54, 1.807) is 0 Å². The monoisotopic (exact) mass is 340 g/mol. The van der Waals surface area contributed by atoms with Crippen LogP contribution >= 0.6 is 0 Å². The maximum atomic E-state index is 13.1. The standard InChI is InChI=1S/C15H14F2N2O3S/c1-23(21,22)19(14-7-5-11(16)6-8-14)10-15(20)18-13-4-2-3-12(17)9-13/h2-9H,10H2,1H3,(H,18,20). The Bertz CT molecular complexity index is 808. The highest BCUT2D eigenvalue weighted by molar-refractivity contribution is 7.92. The Balaban J connectivity index is 2.18. The van der Waals surface area contributed by atoms with Gasteiger partial charge < -0.3 is 5.32 Å². The third-order valence-corrected chi connectivity index (χ3v) is 4.05. The van der Waals surface area contributed by atoms with E-state index in [0.717, 1.165) is 28.8 Å². The molecule has 0 spiro atoms. The number of amides is 1. The summed E-state index contributed by atoms with van der Waals surface area (Å²) in [4.78, 5) is 12.0. The van der Waals surface area contributed by atoms with Crippen molar-refractivity contribution in [3.8, 4) is 0 Å². The number of carbonyl (C=O) groups excluding carboxylic acids is 1. The summed E-state index contributed by atoms with van der Waals surface area (Å²) in [7, 11) is -3.75. The lowest BCUT2D eigenvalue weighted by Crippen LogP contribution is -2.37. The Hall–Kier alpha value is -2.48. The third kappa shape index (κ3) is 4.75. The van der Waals surface area contributed by atoms with Crippen LogP contribution in [0.4, 0.5) is 20.2 Å². The van der Waals surface area contributed by atoms with Crippen molar-refractivity contribution in [2.45, 2.75) is 0 Å². The molecule has 0 atom stereocenters. The van der Waals surface area contributed by atoms with Gasteiger partial charge in [-0.05, 0) is 42.5 Å². The fourth-order valence-corrected chi connectivity index (χ4v) is 2.76. The molecule has 0 unspecified atom stereocenters. The van der Waals surface area contributed by atoms with Gasteiger partial charge >= 0.3 is 0 Å². The number of nitrogens with zero attached hydrogens (tertiary/aromatic N) is 1. The van der Waals surface area contributed by atoms with Crippen LogP contribution in [0, 0.1) is 11.6 Å². The van der Waals surface area contributed by atoms with Crippen LogP contribution in [-0.4, -0.2) is 27.1 Å². The Morgan fingerprint density at radius 1 is 1.09 bits per heavy atom. The highest BCUT2D eigenvalue weighted by atomic mass is 32.2. The van der Waals surface area contributed by atoms with Crippen LogP contribution < -0.4 is 9.62 Å². The predicted molar refractivity (Wildman–Crippen MR) is 83.6 cm³/mol. The first-order valence-electron chi connectivity index (χ1n) is 6.54. The van der Waals surface area contributed by atoms with Crippen molar-refractivity contribution < 1.29 is 22.0 Å². The van der Waals surface area contributed by atoms with Crippen LogP contribution in [0.25, 0.3) is 0 Å². The highest BCUT2D eigenvalue weighted by Crippen LogP contribution is 2.18. The Kier molecular flexibility index (Phi) is 4.95. The quantitative estimate of drug-likeness (QED) is 0.909. The van der Waals surface area contributed by atoms with E-state index in [0.29, 0.717) is 0 Å². The van der Waals surface area contributed by atoms with Gasteiger partial charge in [-0.25, -0.2) is 17.2 Å². The van der Waals surface area contributed by atoms with Crippen molar-refractivity contribution in [2.75, 3.05) is 22.4 Å². The molecule has 122 valence electrons. The van der Waals surface area contributed by atoms with Crippen molar-refractivity contribution in [1.82, 2.24) is 0 Å². The molecule has 0 fully saturated rings. The molecule has 8 heteroatoms. The molecule has 0 bridgehead atoms. The van der Waals surface area contributed by atoms with Crippen molar-refractivity contribution >= 4 is 27.3 Å². The SMILES string of the molecule is CS(=O)(=O)N(CC(=O)Nc1cccc(F)c1)c1ccc(F)cc1. The second kappa shape index (κ2) is 6.74. The van der Waals surface area contributed by atoms with E-state index >= 15 is 0 Å². The van der Waals surface area contributed by atoms with Gasteiger partial charge in [0.05, 0.1) is 11.9 Å². The molecular formula is C15H14F2N2O3S. The number of hydrogen-bond acceptors (Lipinski definition) is 3. The molecule has 0 aromatic heterocycles. The molecule has 5 nitrogen and oxygen atoms in total. The van der Waals surface area contributed by atoms with Gasteiger partial charge in [0.25, 0.3) is 0 Å². The van der Waals surface area contributed by atoms with E-state index in [1.165, 1.54) is 30.3 Å². The lowest BCUT2D eigenvalue weighted by Gasteiger charge is -2.21. The van der Waals surface area contributed by atoms with Gasteiger partial charge in [0.15, 0.2) is 0 Å². The van der Waals surface area contributed by atoms with Crippen LogP contribution in [0.5, 0.6) is 0 Å². The fraction of sp³-hybridized carbons (Fsp3) is 0.133. The number of rotatable bonds is 5. The molecule has 23 heavy (non-hydrogen) atoms. The largest absolute Gasteiger partial charge is 0.324 e. The van der Waals surface area contributed by atoms with Crippen molar-refractivity contribution in [1.29, 1.82) is 0 Å². The molecule has 0 aliphatic heterocycles. The number of anilines is 2. The Labute approximate surface area is 132 Å². The third-order valence-electron chi connectivity index (χ3n) is 2.91. The van der Waals surface area contributed by atoms with Gasteiger partial charge in [-0.2, -0.15) is 0 Å². The van der Waals surface area contributed by atoms with E-state index in [4.69, 9.17) is 0 Å². The Morgan fingerprint density at radius 3 is 2.30 bits per heavy atom. The van der Waals surface area contributed by atoms with Crippen LogP contribution in [0.15, 0.2) is 48.5 Å². The fourth-order valence-electron chi connectivity index (χ4n) is 1.90. The number of benzene rings is 2. The van der Waals surface area contributed by atoms with E-state index < -0.39 is 34.1 Å². The highest BCUT2D eigenvalue weighted by Gasteiger charge is 2.21. The van der Waals surface area contributed by atoms with E-state index in [-0.39, 0.29) is 11.4 Å². The lowest BCUT2D eigenvalue weighted by molar-refractivity contribution is -0.114. The second-order valence-electron chi connectivity index (χ2n) is 4.80. The number of hydrogen-bond donors (Lipinski definition) is 1. The maximum absolute atomic E-state index is 13.1. The average Bonchev–Trinajstić information content (AvgIpc) is 2.45. The minimum absolute atomic E-state index is 0.156. The zero-order valence-corrected chi connectivity index (χ0v) is 13.0. The molecule has 2 rings (SSSR count). The number of nitrogens with one attached hydrogen (secondary N) is 1. The van der Waals surface area contributed by atoms with Gasteiger partial charge in [-0.3, -0.25) is 9.10 Å². The number of carbonyl (C=O) groups is 1. The van der Waals surface area contributed by atoms with E-state index in [9.17, 15) is 22.0 Å². The molecule has 0 radical (unpaired) electrons. The summed E-state index contributed by atoms with van der Waals surface area (Å²) in [5.41, 5.74) is 0.367. The summed E-state index contributed by atoms with van der Waals surface area (Å²) in [6, 6.07) is 9.92. The van der Waals surface area contributed by atoms with Gasteiger partial charge in [0, 0.05) is 5.69 Å². The molecule has 0 saturated carbocycles. The van der Waals surface area contributed by atoms with Crippen LogP contribution in [0.1, 0.15) is 0 Å². The summed E-state index contributed by atoms with van der Waals surface area (Å²) in [6.45, 7) is -0.513. The van der Waals surface area contributed by atoms with Gasteiger partial charge in [-0.1, -0.05) is 6.07 Å². The smallest absolute Gasteiger partial charge is 0.245 e. The molecular weight excluding hydrogens is 326 g/mol. The molecule has 0 aliphatic carbocycles. The van der Waals surface area contributed by atoms with Crippen molar-refractivity contribution in [2.24, 2.45) is 0 Å². The lowest BCUT2D eigenvalue weighted by atomic mass is 10.3. The minimum Gasteiger partial charge on any atom is -0.324 e. The van der Waals surface area contributed by atoms with Gasteiger partial charge in [0.1, 0.15) is 18.2 Å². The van der Waals surface area contributed by atoms with Crippen LogP contribution in [0.3, 0.4) is 0 Å². The van der Waals surface area contributed by atoms with Gasteiger partial charge in [-0.15, -0.1) is 0 Å². The zero-order chi connectivity index (χ0) is 17.0. The molecule has 2 aromatic rings. The molecule has 2 aromatic carbocycles. The summed E-state index contributed by atoms with van der Waals surface area (Å²) in [5, 5.41) is 2.41. The molecule has 1 amide bonds. The predicted octanol–water partition coefficient (Wildman–Crippen LogP) is 2.37.